The van der Waals surface area contributed by atoms with Gasteiger partial charge in [-0.25, -0.2) is 0 Å². The van der Waals surface area contributed by atoms with Gasteiger partial charge in [-0.2, -0.15) is 0 Å². The van der Waals surface area contributed by atoms with E-state index in [9.17, 15) is 0 Å². The molecule has 0 unspecified atom stereocenters. The normalized spacial score (nSPS) is 24.2. The van der Waals surface area contributed by atoms with Crippen molar-refractivity contribution in [2.24, 2.45) is 5.92 Å². The molecule has 0 amide bonds. The van der Waals surface area contributed by atoms with Crippen LogP contribution < -0.4 is 0 Å². The van der Waals surface area contributed by atoms with Crippen molar-refractivity contribution >= 4 is 0 Å². The van der Waals surface area contributed by atoms with Gasteiger partial charge in [-0.3, -0.25) is 0 Å². The zero-order chi connectivity index (χ0) is 13.0. The monoisotopic (exact) mass is 248 g/mol. The molecular formula is C16H24O2. The van der Waals surface area contributed by atoms with Crippen LogP contribution >= 0.6 is 0 Å². The first-order chi connectivity index (χ1) is 8.69. The largest absolute Gasteiger partial charge is 0.396 e. The highest BCUT2D eigenvalue weighted by Crippen LogP contribution is 2.26. The molecule has 2 heteroatoms. The minimum atomic E-state index is 0.337. The van der Waals surface area contributed by atoms with Crippen LogP contribution in [0.2, 0.25) is 0 Å². The van der Waals surface area contributed by atoms with E-state index in [1.807, 2.05) is 0 Å². The molecule has 0 aromatic heterocycles. The fourth-order valence-electron chi connectivity index (χ4n) is 2.64. The van der Waals surface area contributed by atoms with Gasteiger partial charge in [0.15, 0.2) is 0 Å². The van der Waals surface area contributed by atoms with Crippen molar-refractivity contribution in [3.8, 4) is 0 Å². The number of hydrogen-bond donors (Lipinski definition) is 1. The van der Waals surface area contributed by atoms with Crippen LogP contribution in [0.3, 0.4) is 0 Å². The maximum atomic E-state index is 9.11. The van der Waals surface area contributed by atoms with E-state index in [4.69, 9.17) is 9.84 Å². The third-order valence-corrected chi connectivity index (χ3v) is 4.03. The minimum absolute atomic E-state index is 0.337. The van der Waals surface area contributed by atoms with Gasteiger partial charge in [-0.05, 0) is 56.6 Å². The van der Waals surface area contributed by atoms with Crippen molar-refractivity contribution < 1.29 is 9.84 Å². The summed E-state index contributed by atoms with van der Waals surface area (Å²) in [5, 5.41) is 9.11. The zero-order valence-electron chi connectivity index (χ0n) is 11.5. The number of aliphatic hydroxyl groups excluding tert-OH is 1. The van der Waals surface area contributed by atoms with E-state index >= 15 is 0 Å². The van der Waals surface area contributed by atoms with Crippen LogP contribution in [0.4, 0.5) is 0 Å². The van der Waals surface area contributed by atoms with Gasteiger partial charge in [0.25, 0.3) is 0 Å². The van der Waals surface area contributed by atoms with Gasteiger partial charge in [-0.1, -0.05) is 23.8 Å². The first kappa shape index (κ1) is 13.6. The summed E-state index contributed by atoms with van der Waals surface area (Å²) in [4.78, 5) is 0. The summed E-state index contributed by atoms with van der Waals surface area (Å²) in [5.41, 5.74) is 3.91. The Bertz CT molecular complexity index is 379. The highest BCUT2D eigenvalue weighted by molar-refractivity contribution is 5.29. The second kappa shape index (κ2) is 6.35. The first-order valence-corrected chi connectivity index (χ1v) is 6.97. The summed E-state index contributed by atoms with van der Waals surface area (Å²) in [5.74, 6) is 0.505. The summed E-state index contributed by atoms with van der Waals surface area (Å²) in [6, 6.07) is 6.52. The number of aliphatic hydroxyl groups is 1. The number of rotatable bonds is 4. The molecule has 2 rings (SSSR count). The van der Waals surface area contributed by atoms with Crippen LogP contribution in [-0.2, 0) is 11.3 Å². The van der Waals surface area contributed by atoms with E-state index in [0.717, 1.165) is 32.3 Å². The summed E-state index contributed by atoms with van der Waals surface area (Å²) in [6.45, 7) is 5.32. The van der Waals surface area contributed by atoms with Crippen LogP contribution in [0.5, 0.6) is 0 Å². The highest BCUT2D eigenvalue weighted by atomic mass is 16.5. The molecule has 1 aliphatic rings. The quantitative estimate of drug-likeness (QED) is 0.885. The molecule has 1 N–H and O–H groups in total. The topological polar surface area (TPSA) is 29.5 Å². The highest BCUT2D eigenvalue weighted by Gasteiger charge is 2.21. The summed E-state index contributed by atoms with van der Waals surface area (Å²) < 4.78 is 6.02. The Morgan fingerprint density at radius 1 is 1.17 bits per heavy atom. The Hall–Kier alpha value is -0.860. The molecule has 0 saturated heterocycles. The Balaban J connectivity index is 1.83. The van der Waals surface area contributed by atoms with Crippen molar-refractivity contribution in [2.45, 2.75) is 52.2 Å². The predicted octanol–water partition coefficient (Wildman–Crippen LogP) is 3.37. The SMILES string of the molecule is Cc1ccc(C)c(COC2CCC(CO)CC2)c1. The minimum Gasteiger partial charge on any atom is -0.396 e. The predicted molar refractivity (Wildman–Crippen MR) is 73.5 cm³/mol. The molecule has 1 fully saturated rings. The lowest BCUT2D eigenvalue weighted by atomic mass is 9.88. The van der Waals surface area contributed by atoms with Crippen molar-refractivity contribution in [3.63, 3.8) is 0 Å². The second-order valence-electron chi connectivity index (χ2n) is 5.57. The molecule has 0 atom stereocenters. The van der Waals surface area contributed by atoms with Crippen molar-refractivity contribution in [2.75, 3.05) is 6.61 Å². The number of ether oxygens (including phenoxy) is 1. The molecular weight excluding hydrogens is 224 g/mol. The van der Waals surface area contributed by atoms with Crippen molar-refractivity contribution in [3.05, 3.63) is 34.9 Å². The number of aryl methyl sites for hydroxylation is 2. The van der Waals surface area contributed by atoms with E-state index < -0.39 is 0 Å². The fraction of sp³-hybridized carbons (Fsp3) is 0.625. The number of benzene rings is 1. The van der Waals surface area contributed by atoms with E-state index in [-0.39, 0.29) is 0 Å². The van der Waals surface area contributed by atoms with Gasteiger partial charge >= 0.3 is 0 Å². The Labute approximate surface area is 110 Å². The average molecular weight is 248 g/mol. The molecule has 0 heterocycles. The van der Waals surface area contributed by atoms with Crippen molar-refractivity contribution in [1.29, 1.82) is 0 Å². The zero-order valence-corrected chi connectivity index (χ0v) is 11.5. The molecule has 18 heavy (non-hydrogen) atoms. The molecule has 1 saturated carbocycles. The Kier molecular flexibility index (Phi) is 4.79. The van der Waals surface area contributed by atoms with Gasteiger partial charge in [0.2, 0.25) is 0 Å². The lowest BCUT2D eigenvalue weighted by Crippen LogP contribution is -2.23. The molecule has 0 spiro atoms. The fourth-order valence-corrected chi connectivity index (χ4v) is 2.64. The van der Waals surface area contributed by atoms with E-state index in [2.05, 4.69) is 32.0 Å². The van der Waals surface area contributed by atoms with Crippen LogP contribution in [-0.4, -0.2) is 17.8 Å². The van der Waals surface area contributed by atoms with Gasteiger partial charge < -0.3 is 9.84 Å². The third-order valence-electron chi connectivity index (χ3n) is 4.03. The van der Waals surface area contributed by atoms with Gasteiger partial charge in [-0.15, -0.1) is 0 Å². The Morgan fingerprint density at radius 2 is 1.89 bits per heavy atom. The molecule has 0 bridgehead atoms. The van der Waals surface area contributed by atoms with Crippen LogP contribution in [0.1, 0.15) is 42.4 Å². The molecule has 1 aromatic rings. The third kappa shape index (κ3) is 3.56. The molecule has 0 radical (unpaired) electrons. The first-order valence-electron chi connectivity index (χ1n) is 6.97. The van der Waals surface area contributed by atoms with Crippen LogP contribution in [0.15, 0.2) is 18.2 Å². The van der Waals surface area contributed by atoms with E-state index in [0.29, 0.717) is 18.6 Å². The van der Waals surface area contributed by atoms with Crippen molar-refractivity contribution in [1.82, 2.24) is 0 Å². The van der Waals surface area contributed by atoms with Gasteiger partial charge in [0, 0.05) is 6.61 Å². The Morgan fingerprint density at radius 3 is 2.56 bits per heavy atom. The second-order valence-corrected chi connectivity index (χ2v) is 5.57. The standard InChI is InChI=1S/C16H24O2/c1-12-3-4-13(2)15(9-12)11-18-16-7-5-14(10-17)6-8-16/h3-4,9,14,16-17H,5-8,10-11H2,1-2H3. The maximum Gasteiger partial charge on any atom is 0.0723 e. The van der Waals surface area contributed by atoms with Gasteiger partial charge in [0.1, 0.15) is 0 Å². The van der Waals surface area contributed by atoms with E-state index in [1.54, 1.807) is 0 Å². The lowest BCUT2D eigenvalue weighted by molar-refractivity contribution is 0.00100. The maximum absolute atomic E-state index is 9.11. The summed E-state index contributed by atoms with van der Waals surface area (Å²) in [7, 11) is 0. The molecule has 0 aliphatic heterocycles. The van der Waals surface area contributed by atoms with Crippen LogP contribution in [0.25, 0.3) is 0 Å². The van der Waals surface area contributed by atoms with E-state index in [1.165, 1.54) is 16.7 Å². The molecule has 2 nitrogen and oxygen atoms in total. The molecule has 1 aromatic carbocycles. The van der Waals surface area contributed by atoms with Crippen LogP contribution in [0, 0.1) is 19.8 Å². The summed E-state index contributed by atoms with van der Waals surface area (Å²) in [6.07, 6.45) is 4.78. The number of hydrogen-bond acceptors (Lipinski definition) is 2. The molecule has 1 aliphatic carbocycles. The summed E-state index contributed by atoms with van der Waals surface area (Å²) >= 11 is 0. The van der Waals surface area contributed by atoms with Gasteiger partial charge in [0.05, 0.1) is 12.7 Å². The molecule has 100 valence electrons. The lowest BCUT2D eigenvalue weighted by Gasteiger charge is -2.27. The average Bonchev–Trinajstić information content (AvgIpc) is 2.40. The smallest absolute Gasteiger partial charge is 0.0723 e.